The third-order valence-corrected chi connectivity index (χ3v) is 2.81. The number of nitrogens with two attached hydrogens (primary N) is 1. The molecule has 0 aromatic rings. The van der Waals surface area contributed by atoms with Crippen molar-refractivity contribution in [3.05, 3.63) is 24.0 Å². The average Bonchev–Trinajstić information content (AvgIpc) is 2.43. The molecular formula is C17H25F3N2O4. The van der Waals surface area contributed by atoms with E-state index in [-0.39, 0.29) is 6.61 Å². The van der Waals surface area contributed by atoms with Gasteiger partial charge in [-0.3, -0.25) is 9.79 Å². The minimum atomic E-state index is -4.95. The largest absolute Gasteiger partial charge is 0.462 e. The lowest BCUT2D eigenvalue weighted by atomic mass is 9.93. The number of rotatable bonds is 6. The van der Waals surface area contributed by atoms with Crippen molar-refractivity contribution >= 4 is 17.7 Å². The van der Waals surface area contributed by atoms with Crippen molar-refractivity contribution in [3.8, 4) is 0 Å². The zero-order valence-corrected chi connectivity index (χ0v) is 15.7. The summed E-state index contributed by atoms with van der Waals surface area (Å²) in [6.07, 6.45) is -2.53. The summed E-state index contributed by atoms with van der Waals surface area (Å²) < 4.78 is 49.3. The van der Waals surface area contributed by atoms with Crippen LogP contribution in [0.1, 0.15) is 41.5 Å². The van der Waals surface area contributed by atoms with Crippen LogP contribution in [0.2, 0.25) is 0 Å². The van der Waals surface area contributed by atoms with Gasteiger partial charge in [0.2, 0.25) is 0 Å². The lowest BCUT2D eigenvalue weighted by Gasteiger charge is -2.26. The van der Waals surface area contributed by atoms with Crippen LogP contribution in [0, 0.1) is 5.41 Å². The highest BCUT2D eigenvalue weighted by Crippen LogP contribution is 2.25. The lowest BCUT2D eigenvalue weighted by Crippen LogP contribution is -2.32. The molecule has 0 bridgehead atoms. The van der Waals surface area contributed by atoms with E-state index in [1.54, 1.807) is 20.8 Å². The quantitative estimate of drug-likeness (QED) is 0.435. The van der Waals surface area contributed by atoms with E-state index in [2.05, 4.69) is 9.73 Å². The van der Waals surface area contributed by atoms with Gasteiger partial charge in [0.15, 0.2) is 5.71 Å². The van der Waals surface area contributed by atoms with Crippen molar-refractivity contribution in [2.45, 2.75) is 53.3 Å². The number of ether oxygens (including phenoxy) is 2. The van der Waals surface area contributed by atoms with Gasteiger partial charge < -0.3 is 15.2 Å². The fraction of sp³-hybridized carbons (Fsp3) is 0.588. The smallest absolute Gasteiger partial charge is 0.434 e. The van der Waals surface area contributed by atoms with Crippen molar-refractivity contribution in [2.75, 3.05) is 6.61 Å². The van der Waals surface area contributed by atoms with E-state index in [0.717, 1.165) is 12.3 Å². The van der Waals surface area contributed by atoms with Gasteiger partial charge in [-0.1, -0.05) is 0 Å². The molecule has 0 aliphatic heterocycles. The Bertz CT molecular complexity index is 612. The van der Waals surface area contributed by atoms with Crippen LogP contribution in [0.3, 0.4) is 0 Å². The number of esters is 2. The summed E-state index contributed by atoms with van der Waals surface area (Å²) in [6.45, 7) is 9.26. The molecule has 0 aliphatic rings. The first-order valence-corrected chi connectivity index (χ1v) is 7.81. The number of hydrogen-bond acceptors (Lipinski definition) is 6. The summed E-state index contributed by atoms with van der Waals surface area (Å²) >= 11 is 0. The Hall–Kier alpha value is -2.32. The molecule has 148 valence electrons. The Morgan fingerprint density at radius 1 is 1.12 bits per heavy atom. The minimum Gasteiger partial charge on any atom is -0.462 e. The molecule has 0 aromatic heterocycles. The number of aliphatic imine (C=N–C) groups is 1. The molecule has 0 atom stereocenters. The van der Waals surface area contributed by atoms with E-state index in [9.17, 15) is 22.8 Å². The van der Waals surface area contributed by atoms with Gasteiger partial charge in [-0.2, -0.15) is 13.2 Å². The molecule has 0 heterocycles. The second-order valence-electron chi connectivity index (χ2n) is 6.82. The Labute approximate surface area is 150 Å². The Balaban J connectivity index is 5.69. The molecule has 0 aliphatic carbocycles. The normalized spacial score (nSPS) is 14.5. The van der Waals surface area contributed by atoms with E-state index in [1.165, 1.54) is 20.8 Å². The van der Waals surface area contributed by atoms with Gasteiger partial charge in [-0.05, 0) is 47.6 Å². The molecule has 0 amide bonds. The van der Waals surface area contributed by atoms with Crippen molar-refractivity contribution in [1.82, 2.24) is 0 Å². The molecule has 0 fully saturated rings. The number of nitrogens with zero attached hydrogens (tertiary/aromatic N) is 1. The highest BCUT2D eigenvalue weighted by atomic mass is 19.4. The molecule has 0 saturated heterocycles. The summed E-state index contributed by atoms with van der Waals surface area (Å²) in [6, 6.07) is 0. The van der Waals surface area contributed by atoms with E-state index < -0.39 is 40.4 Å². The minimum absolute atomic E-state index is 0.122. The van der Waals surface area contributed by atoms with Gasteiger partial charge >= 0.3 is 18.1 Å². The first kappa shape index (κ1) is 23.7. The van der Waals surface area contributed by atoms with Crippen molar-refractivity contribution in [3.63, 3.8) is 0 Å². The van der Waals surface area contributed by atoms with Gasteiger partial charge in [-0.15, -0.1) is 0 Å². The van der Waals surface area contributed by atoms with Crippen LogP contribution in [0.25, 0.3) is 0 Å². The topological polar surface area (TPSA) is 91.0 Å². The van der Waals surface area contributed by atoms with Gasteiger partial charge in [0, 0.05) is 12.4 Å². The van der Waals surface area contributed by atoms with Crippen LogP contribution in [0.4, 0.5) is 13.2 Å². The zero-order valence-electron chi connectivity index (χ0n) is 15.7. The Kier molecular flexibility index (Phi) is 8.07. The highest BCUT2D eigenvalue weighted by molar-refractivity contribution is 6.22. The van der Waals surface area contributed by atoms with Gasteiger partial charge in [0.25, 0.3) is 0 Å². The first-order chi connectivity index (χ1) is 11.7. The van der Waals surface area contributed by atoms with E-state index in [4.69, 9.17) is 10.5 Å². The molecule has 0 rings (SSSR count). The standard InChI is InChI=1S/C17H25F3N2O4/c1-7-25-13(23)11(10-21)12(17(18,19)20)22-9-8-16(5,6)14(24)26-15(2,3)4/h8-10H,7,21H2,1-6H3/b9-8+,11-10+,22-12-. The summed E-state index contributed by atoms with van der Waals surface area (Å²) in [4.78, 5) is 27.0. The summed E-state index contributed by atoms with van der Waals surface area (Å²) in [5, 5.41) is 0. The summed E-state index contributed by atoms with van der Waals surface area (Å²) in [7, 11) is 0. The predicted octanol–water partition coefficient (Wildman–Crippen LogP) is 3.28. The number of alkyl halides is 3. The Morgan fingerprint density at radius 3 is 2.04 bits per heavy atom. The van der Waals surface area contributed by atoms with E-state index >= 15 is 0 Å². The summed E-state index contributed by atoms with van der Waals surface area (Å²) in [5.41, 5.74) is 0.718. The maximum absolute atomic E-state index is 13.2. The molecule has 0 saturated carbocycles. The monoisotopic (exact) mass is 378 g/mol. The SMILES string of the molecule is CCOC(=O)C(=C/N)/C(=N/C=C/C(C)(C)C(=O)OC(C)(C)C)C(F)(F)F. The molecule has 9 heteroatoms. The molecule has 0 aromatic carbocycles. The van der Waals surface area contributed by atoms with E-state index in [0.29, 0.717) is 6.20 Å². The maximum Gasteiger partial charge on any atom is 0.434 e. The molecule has 2 N–H and O–H groups in total. The van der Waals surface area contributed by atoms with Gasteiger partial charge in [0.05, 0.1) is 12.0 Å². The van der Waals surface area contributed by atoms with Crippen LogP contribution in [0.15, 0.2) is 29.0 Å². The Morgan fingerprint density at radius 2 is 1.65 bits per heavy atom. The van der Waals surface area contributed by atoms with Crippen molar-refractivity contribution in [2.24, 2.45) is 16.1 Å². The maximum atomic E-state index is 13.2. The third-order valence-electron chi connectivity index (χ3n) is 2.81. The van der Waals surface area contributed by atoms with Crippen molar-refractivity contribution < 1.29 is 32.2 Å². The van der Waals surface area contributed by atoms with Gasteiger partial charge in [0.1, 0.15) is 11.2 Å². The van der Waals surface area contributed by atoms with Crippen LogP contribution >= 0.6 is 0 Å². The number of halogens is 3. The molecule has 6 nitrogen and oxygen atoms in total. The molecule has 26 heavy (non-hydrogen) atoms. The van der Waals surface area contributed by atoms with E-state index in [1.807, 2.05) is 0 Å². The third kappa shape index (κ3) is 7.71. The lowest BCUT2D eigenvalue weighted by molar-refractivity contribution is -0.162. The molecule has 0 radical (unpaired) electrons. The van der Waals surface area contributed by atoms with Crippen LogP contribution in [-0.2, 0) is 19.1 Å². The molecular weight excluding hydrogens is 353 g/mol. The van der Waals surface area contributed by atoms with Crippen LogP contribution in [-0.4, -0.2) is 36.0 Å². The number of carbonyl (C=O) groups is 2. The highest BCUT2D eigenvalue weighted by Gasteiger charge is 2.41. The molecule has 0 spiro atoms. The number of carbonyl (C=O) groups excluding carboxylic acids is 2. The van der Waals surface area contributed by atoms with Crippen molar-refractivity contribution in [1.29, 1.82) is 0 Å². The number of hydrogen-bond donors (Lipinski definition) is 1. The first-order valence-electron chi connectivity index (χ1n) is 7.81. The second-order valence-corrected chi connectivity index (χ2v) is 6.82. The molecule has 0 unspecified atom stereocenters. The van der Waals surface area contributed by atoms with Crippen LogP contribution < -0.4 is 5.73 Å². The summed E-state index contributed by atoms with van der Waals surface area (Å²) in [5.74, 6) is -1.88. The average molecular weight is 378 g/mol. The van der Waals surface area contributed by atoms with Gasteiger partial charge in [-0.25, -0.2) is 4.79 Å². The van der Waals surface area contributed by atoms with Crippen LogP contribution in [0.5, 0.6) is 0 Å². The predicted molar refractivity (Wildman–Crippen MR) is 91.2 cm³/mol. The fourth-order valence-electron chi connectivity index (χ4n) is 1.52. The second kappa shape index (κ2) is 8.86. The fourth-order valence-corrected chi connectivity index (χ4v) is 1.52. The zero-order chi connectivity index (χ0) is 20.8.